The maximum Gasteiger partial charge on any atom is 0.309 e. The Morgan fingerprint density at radius 3 is 2.69 bits per heavy atom. The van der Waals surface area contributed by atoms with Crippen LogP contribution < -0.4 is 15.1 Å². The summed E-state index contributed by atoms with van der Waals surface area (Å²) < 4.78 is 5.10. The Bertz CT molecular complexity index is 698. The van der Waals surface area contributed by atoms with Crippen LogP contribution in [0.2, 0.25) is 0 Å². The Morgan fingerprint density at radius 1 is 1.31 bits per heavy atom. The summed E-state index contributed by atoms with van der Waals surface area (Å²) in [5.41, 5.74) is 1.41. The molecular weight excluding hydrogens is 334 g/mol. The van der Waals surface area contributed by atoms with Crippen LogP contribution >= 0.6 is 0 Å². The van der Waals surface area contributed by atoms with Crippen molar-refractivity contribution in [2.75, 3.05) is 36.5 Å². The predicted octanol–water partition coefficient (Wildman–Crippen LogP) is 0.218. The molecule has 1 aromatic rings. The number of nitrogens with zero attached hydrogens (tertiary/aromatic N) is 1. The molecule has 0 saturated carbocycles. The second kappa shape index (κ2) is 7.86. The number of benzene rings is 1. The van der Waals surface area contributed by atoms with Gasteiger partial charge in [0.05, 0.1) is 37.0 Å². The summed E-state index contributed by atoms with van der Waals surface area (Å²) in [6.45, 7) is 5.65. The molecule has 2 aliphatic heterocycles. The Morgan fingerprint density at radius 2 is 2.00 bits per heavy atom. The number of hydrogen-bond acceptors (Lipinski definition) is 4. The van der Waals surface area contributed by atoms with Gasteiger partial charge in [0.1, 0.15) is 6.54 Å². The highest BCUT2D eigenvalue weighted by Gasteiger charge is 2.37. The van der Waals surface area contributed by atoms with Crippen LogP contribution in [0.4, 0.5) is 11.4 Å². The number of ether oxygens (including phenoxy) is 1. The first-order valence-corrected chi connectivity index (χ1v) is 9.22. The van der Waals surface area contributed by atoms with Crippen molar-refractivity contribution < 1.29 is 24.0 Å². The van der Waals surface area contributed by atoms with E-state index in [9.17, 15) is 14.4 Å². The van der Waals surface area contributed by atoms with Crippen molar-refractivity contribution >= 4 is 29.2 Å². The normalized spacial score (nSPS) is 23.6. The molecule has 3 rings (SSSR count). The maximum atomic E-state index is 13.1. The van der Waals surface area contributed by atoms with Gasteiger partial charge in [-0.15, -0.1) is 0 Å². The van der Waals surface area contributed by atoms with Crippen molar-refractivity contribution in [2.45, 2.75) is 32.7 Å². The monoisotopic (exact) mass is 360 g/mol. The van der Waals surface area contributed by atoms with Gasteiger partial charge in [0.2, 0.25) is 5.91 Å². The molecule has 26 heavy (non-hydrogen) atoms. The summed E-state index contributed by atoms with van der Waals surface area (Å²) in [5.74, 6) is -0.438. The van der Waals surface area contributed by atoms with Crippen molar-refractivity contribution in [2.24, 2.45) is 5.92 Å². The molecular formula is C19H26N3O4+. The summed E-state index contributed by atoms with van der Waals surface area (Å²) in [5, 5.41) is 2.80. The van der Waals surface area contributed by atoms with E-state index in [0.717, 1.165) is 36.5 Å². The zero-order valence-electron chi connectivity index (χ0n) is 15.3. The average Bonchev–Trinajstić information content (AvgIpc) is 2.66. The lowest BCUT2D eigenvalue weighted by Crippen LogP contribution is -3.17. The fourth-order valence-electron chi connectivity index (χ4n) is 3.76. The van der Waals surface area contributed by atoms with Crippen LogP contribution in [0.1, 0.15) is 26.7 Å². The molecule has 0 aromatic heterocycles. The number of nitrogens with one attached hydrogen (secondary N) is 2. The van der Waals surface area contributed by atoms with E-state index >= 15 is 0 Å². The lowest BCUT2D eigenvalue weighted by atomic mass is 9.96. The SMILES string of the molecule is CCOC(=O)C1CC[NH+]([C@H](C)C(=O)N2CC(=O)Nc3ccccc32)CC1. The van der Waals surface area contributed by atoms with Gasteiger partial charge < -0.3 is 15.0 Å². The van der Waals surface area contributed by atoms with Crippen molar-refractivity contribution in [3.05, 3.63) is 24.3 Å². The van der Waals surface area contributed by atoms with Crippen LogP contribution in [0.25, 0.3) is 0 Å². The Balaban J connectivity index is 1.66. The summed E-state index contributed by atoms with van der Waals surface area (Å²) in [6.07, 6.45) is 1.45. The third-order valence-electron chi connectivity index (χ3n) is 5.27. The zero-order chi connectivity index (χ0) is 18.7. The molecule has 2 amide bonds. The first-order valence-electron chi connectivity index (χ1n) is 9.22. The van der Waals surface area contributed by atoms with E-state index < -0.39 is 0 Å². The van der Waals surface area contributed by atoms with Crippen LogP contribution in [-0.4, -0.2) is 50.1 Å². The molecule has 0 bridgehead atoms. The van der Waals surface area contributed by atoms with Gasteiger partial charge >= 0.3 is 5.97 Å². The van der Waals surface area contributed by atoms with Crippen molar-refractivity contribution in [1.82, 2.24) is 0 Å². The largest absolute Gasteiger partial charge is 0.466 e. The highest BCUT2D eigenvalue weighted by Crippen LogP contribution is 2.29. The van der Waals surface area contributed by atoms with Gasteiger partial charge in [-0.25, -0.2) is 0 Å². The Hall–Kier alpha value is -2.41. The second-order valence-corrected chi connectivity index (χ2v) is 6.90. The quantitative estimate of drug-likeness (QED) is 0.753. The van der Waals surface area contributed by atoms with Gasteiger partial charge in [-0.1, -0.05) is 12.1 Å². The third-order valence-corrected chi connectivity index (χ3v) is 5.27. The Kier molecular flexibility index (Phi) is 5.56. The lowest BCUT2D eigenvalue weighted by molar-refractivity contribution is -0.919. The highest BCUT2D eigenvalue weighted by atomic mass is 16.5. The minimum atomic E-state index is -0.267. The number of carbonyl (C=O) groups excluding carboxylic acids is 3. The minimum absolute atomic E-state index is 0.0406. The van der Waals surface area contributed by atoms with Gasteiger partial charge in [-0.3, -0.25) is 19.3 Å². The standard InChI is InChI=1S/C19H25N3O4/c1-3-26-19(25)14-8-10-21(11-9-14)13(2)18(24)22-12-17(23)20-15-6-4-5-7-16(15)22/h4-7,13-14H,3,8-12H2,1-2H3,(H,20,23)/p+1/t13-/m1/s1. The first-order chi connectivity index (χ1) is 12.5. The van der Waals surface area contributed by atoms with Crippen molar-refractivity contribution in [1.29, 1.82) is 0 Å². The van der Waals surface area contributed by atoms with Crippen molar-refractivity contribution in [3.8, 4) is 0 Å². The number of anilines is 2. The molecule has 0 unspecified atom stereocenters. The summed E-state index contributed by atoms with van der Waals surface area (Å²) in [6, 6.07) is 7.08. The number of piperidine rings is 1. The number of fused-ring (bicyclic) bond motifs is 1. The van der Waals surface area contributed by atoms with Gasteiger partial charge in [0.15, 0.2) is 6.04 Å². The van der Waals surface area contributed by atoms with E-state index in [0.29, 0.717) is 12.3 Å². The van der Waals surface area contributed by atoms with Crippen LogP contribution in [0.5, 0.6) is 0 Å². The number of quaternary nitrogens is 1. The molecule has 2 heterocycles. The van der Waals surface area contributed by atoms with E-state index in [1.165, 1.54) is 0 Å². The Labute approximate surface area is 153 Å². The number of carbonyl (C=O) groups is 3. The fraction of sp³-hybridized carbons (Fsp3) is 0.526. The molecule has 0 spiro atoms. The number of likely N-dealkylation sites (tertiary alicyclic amines) is 1. The van der Waals surface area contributed by atoms with Crippen LogP contribution in [-0.2, 0) is 19.1 Å². The molecule has 7 nitrogen and oxygen atoms in total. The van der Waals surface area contributed by atoms with E-state index in [1.807, 2.05) is 32.0 Å². The lowest BCUT2D eigenvalue weighted by Gasteiger charge is -2.35. The highest BCUT2D eigenvalue weighted by molar-refractivity contribution is 6.10. The number of hydrogen-bond donors (Lipinski definition) is 2. The molecule has 0 aliphatic carbocycles. The second-order valence-electron chi connectivity index (χ2n) is 6.90. The number of esters is 1. The van der Waals surface area contributed by atoms with Crippen LogP contribution in [0, 0.1) is 5.92 Å². The van der Waals surface area contributed by atoms with Crippen LogP contribution in [0.15, 0.2) is 24.3 Å². The molecule has 1 fully saturated rings. The van der Waals surface area contributed by atoms with E-state index in [2.05, 4.69) is 5.32 Å². The molecule has 2 N–H and O–H groups in total. The average molecular weight is 360 g/mol. The molecule has 1 aromatic carbocycles. The van der Waals surface area contributed by atoms with Gasteiger partial charge in [-0.2, -0.15) is 0 Å². The predicted molar refractivity (Wildman–Crippen MR) is 96.9 cm³/mol. The smallest absolute Gasteiger partial charge is 0.309 e. The third kappa shape index (κ3) is 3.72. The minimum Gasteiger partial charge on any atom is -0.466 e. The molecule has 7 heteroatoms. The molecule has 1 atom stereocenters. The van der Waals surface area contributed by atoms with Crippen molar-refractivity contribution in [3.63, 3.8) is 0 Å². The number of rotatable bonds is 4. The first kappa shape index (κ1) is 18.4. The zero-order valence-corrected chi connectivity index (χ0v) is 15.3. The summed E-state index contributed by atoms with van der Waals surface area (Å²) >= 11 is 0. The van der Waals surface area contributed by atoms with E-state index in [4.69, 9.17) is 4.74 Å². The maximum absolute atomic E-state index is 13.1. The van der Waals surface area contributed by atoms with Gasteiger partial charge in [-0.05, 0) is 26.0 Å². The topological polar surface area (TPSA) is 80.2 Å². The summed E-state index contributed by atoms with van der Waals surface area (Å²) in [7, 11) is 0. The van der Waals surface area contributed by atoms with Crippen LogP contribution in [0.3, 0.4) is 0 Å². The number of para-hydroxylation sites is 2. The van der Waals surface area contributed by atoms with Gasteiger partial charge in [0.25, 0.3) is 5.91 Å². The van der Waals surface area contributed by atoms with E-state index in [1.54, 1.807) is 11.0 Å². The molecule has 1 saturated heterocycles. The number of amides is 2. The van der Waals surface area contributed by atoms with Gasteiger partial charge in [0, 0.05) is 12.8 Å². The van der Waals surface area contributed by atoms with E-state index in [-0.39, 0.29) is 36.3 Å². The molecule has 140 valence electrons. The molecule has 0 radical (unpaired) electrons. The summed E-state index contributed by atoms with van der Waals surface area (Å²) in [4.78, 5) is 39.6. The molecule has 2 aliphatic rings. The fourth-order valence-corrected chi connectivity index (χ4v) is 3.76.